The molecule has 0 saturated heterocycles. The quantitative estimate of drug-likeness (QED) is 0.789. The molecule has 0 aliphatic rings. The largest absolute Gasteiger partial charge is 0.481 e. The van der Waals surface area contributed by atoms with Crippen LogP contribution >= 0.6 is 0 Å². The van der Waals surface area contributed by atoms with Gasteiger partial charge in [-0.25, -0.2) is 4.79 Å². The van der Waals surface area contributed by atoms with Gasteiger partial charge in [0.25, 0.3) is 0 Å². The molecule has 21 heavy (non-hydrogen) atoms. The van der Waals surface area contributed by atoms with Crippen molar-refractivity contribution < 1.29 is 9.22 Å². The van der Waals surface area contributed by atoms with Crippen LogP contribution in [0.5, 0.6) is 5.88 Å². The van der Waals surface area contributed by atoms with Gasteiger partial charge in [-0.2, -0.15) is 4.98 Å². The number of rotatable bonds is 7. The highest BCUT2D eigenvalue weighted by Crippen LogP contribution is 2.14. The molecular formula is C15H25N4O2+. The summed E-state index contributed by atoms with van der Waals surface area (Å²) >= 11 is 0. The second-order valence-electron chi connectivity index (χ2n) is 5.32. The van der Waals surface area contributed by atoms with Gasteiger partial charge >= 0.3 is 5.69 Å². The maximum Gasteiger partial charge on any atom is 0.327 e. The maximum absolute atomic E-state index is 12.1. The van der Waals surface area contributed by atoms with Crippen molar-refractivity contribution in [2.24, 2.45) is 0 Å². The van der Waals surface area contributed by atoms with Crippen molar-refractivity contribution in [1.82, 2.24) is 14.5 Å². The predicted octanol–water partition coefficient (Wildman–Crippen LogP) is 1.61. The summed E-state index contributed by atoms with van der Waals surface area (Å²) in [5.74, 6) is 0.525. The van der Waals surface area contributed by atoms with E-state index in [0.717, 1.165) is 36.2 Å². The SMILES string of the molecule is CC[N+](CC)(CC)CCn1c(=O)[nH]c2ccc(OC)nc21. The molecule has 0 bridgehead atoms. The Hall–Kier alpha value is -1.82. The van der Waals surface area contributed by atoms with Crippen molar-refractivity contribution in [2.45, 2.75) is 27.3 Å². The number of hydrogen-bond donors (Lipinski definition) is 1. The molecule has 0 spiro atoms. The number of aromatic amines is 1. The number of ether oxygens (including phenoxy) is 1. The van der Waals surface area contributed by atoms with Gasteiger partial charge in [-0.1, -0.05) is 0 Å². The number of nitrogens with one attached hydrogen (secondary N) is 1. The molecule has 0 fully saturated rings. The topological polar surface area (TPSA) is 59.9 Å². The molecule has 2 rings (SSSR count). The average Bonchev–Trinajstić information content (AvgIpc) is 2.84. The highest BCUT2D eigenvalue weighted by atomic mass is 16.5. The minimum atomic E-state index is -0.104. The summed E-state index contributed by atoms with van der Waals surface area (Å²) < 4.78 is 7.87. The van der Waals surface area contributed by atoms with Crippen LogP contribution in [-0.2, 0) is 6.54 Å². The third-order valence-corrected chi connectivity index (χ3v) is 4.61. The smallest absolute Gasteiger partial charge is 0.327 e. The lowest BCUT2D eigenvalue weighted by molar-refractivity contribution is -0.923. The molecule has 0 amide bonds. The van der Waals surface area contributed by atoms with Crippen LogP contribution in [0.1, 0.15) is 20.8 Å². The van der Waals surface area contributed by atoms with E-state index in [1.54, 1.807) is 17.7 Å². The Morgan fingerprint density at radius 2 is 1.90 bits per heavy atom. The molecule has 6 heteroatoms. The number of H-pyrrole nitrogens is 1. The van der Waals surface area contributed by atoms with Crippen molar-refractivity contribution in [3.05, 3.63) is 22.6 Å². The molecule has 116 valence electrons. The van der Waals surface area contributed by atoms with Crippen molar-refractivity contribution in [3.63, 3.8) is 0 Å². The van der Waals surface area contributed by atoms with Crippen LogP contribution < -0.4 is 10.4 Å². The van der Waals surface area contributed by atoms with E-state index in [0.29, 0.717) is 18.1 Å². The van der Waals surface area contributed by atoms with E-state index in [1.807, 2.05) is 6.07 Å². The summed E-state index contributed by atoms with van der Waals surface area (Å²) in [6.45, 7) is 11.4. The first-order valence-electron chi connectivity index (χ1n) is 7.57. The molecule has 1 N–H and O–H groups in total. The number of fused-ring (bicyclic) bond motifs is 1. The molecule has 0 unspecified atom stereocenters. The Bertz CT molecular complexity index is 647. The number of methoxy groups -OCH3 is 1. The van der Waals surface area contributed by atoms with Gasteiger partial charge in [-0.3, -0.25) is 4.57 Å². The van der Waals surface area contributed by atoms with Crippen LogP contribution in [0.3, 0.4) is 0 Å². The van der Waals surface area contributed by atoms with Gasteiger partial charge in [0.05, 0.1) is 45.4 Å². The van der Waals surface area contributed by atoms with Gasteiger partial charge in [-0.15, -0.1) is 0 Å². The lowest BCUT2D eigenvalue weighted by Crippen LogP contribution is -2.49. The van der Waals surface area contributed by atoms with Crippen LogP contribution in [0.4, 0.5) is 0 Å². The first kappa shape index (κ1) is 15.6. The van der Waals surface area contributed by atoms with Gasteiger partial charge in [0, 0.05) is 6.07 Å². The lowest BCUT2D eigenvalue weighted by atomic mass is 10.3. The molecule has 0 aliphatic heterocycles. The fourth-order valence-corrected chi connectivity index (χ4v) is 2.79. The van der Waals surface area contributed by atoms with Crippen LogP contribution in [-0.4, -0.2) is 52.3 Å². The number of likely N-dealkylation sites (N-methyl/N-ethyl adjacent to an activating group) is 1. The fraction of sp³-hybridized carbons (Fsp3) is 0.600. The van der Waals surface area contributed by atoms with E-state index >= 15 is 0 Å². The Morgan fingerprint density at radius 1 is 1.24 bits per heavy atom. The van der Waals surface area contributed by atoms with Gasteiger partial charge in [0.2, 0.25) is 5.88 Å². The monoisotopic (exact) mass is 293 g/mol. The Labute approximate surface area is 125 Å². The Balaban J connectivity index is 2.33. The molecule has 0 aromatic carbocycles. The Morgan fingerprint density at radius 3 is 2.48 bits per heavy atom. The van der Waals surface area contributed by atoms with Gasteiger partial charge in [0.1, 0.15) is 0 Å². The summed E-state index contributed by atoms with van der Waals surface area (Å²) in [6, 6.07) is 3.59. The van der Waals surface area contributed by atoms with Gasteiger partial charge in [-0.05, 0) is 26.8 Å². The molecule has 0 atom stereocenters. The highest BCUT2D eigenvalue weighted by molar-refractivity contribution is 5.71. The minimum Gasteiger partial charge on any atom is -0.481 e. The minimum absolute atomic E-state index is 0.104. The van der Waals surface area contributed by atoms with Crippen molar-refractivity contribution in [1.29, 1.82) is 0 Å². The number of quaternary nitrogens is 1. The summed E-state index contributed by atoms with van der Waals surface area (Å²) in [7, 11) is 1.58. The average molecular weight is 293 g/mol. The zero-order valence-electron chi connectivity index (χ0n) is 13.3. The molecule has 2 aromatic rings. The third-order valence-electron chi connectivity index (χ3n) is 4.61. The maximum atomic E-state index is 12.1. The van der Waals surface area contributed by atoms with Crippen LogP contribution in [0, 0.1) is 0 Å². The number of imidazole rings is 1. The van der Waals surface area contributed by atoms with E-state index < -0.39 is 0 Å². The van der Waals surface area contributed by atoms with Crippen LogP contribution in [0.15, 0.2) is 16.9 Å². The molecule has 0 radical (unpaired) electrons. The number of aromatic nitrogens is 3. The van der Waals surface area contributed by atoms with E-state index in [1.165, 1.54) is 0 Å². The van der Waals surface area contributed by atoms with E-state index in [4.69, 9.17) is 4.74 Å². The highest BCUT2D eigenvalue weighted by Gasteiger charge is 2.21. The molecule has 0 aliphatic carbocycles. The van der Waals surface area contributed by atoms with Crippen molar-refractivity contribution >= 4 is 11.2 Å². The summed E-state index contributed by atoms with van der Waals surface area (Å²) in [6.07, 6.45) is 0. The predicted molar refractivity (Wildman–Crippen MR) is 83.7 cm³/mol. The number of pyridine rings is 1. The molecular weight excluding hydrogens is 268 g/mol. The molecule has 2 heterocycles. The molecule has 2 aromatic heterocycles. The molecule has 0 saturated carbocycles. The van der Waals surface area contributed by atoms with Crippen LogP contribution in [0.2, 0.25) is 0 Å². The standard InChI is InChI=1S/C15H24N4O2/c1-5-19(6-2,7-3)11-10-18-14-12(16-15(18)20)8-9-13(17-14)21-4/h8-9H,5-7,10-11H2,1-4H3/p+1. The molecule has 6 nitrogen and oxygen atoms in total. The van der Waals surface area contributed by atoms with E-state index in [2.05, 4.69) is 30.7 Å². The number of nitrogens with zero attached hydrogens (tertiary/aromatic N) is 3. The third kappa shape index (κ3) is 2.95. The van der Waals surface area contributed by atoms with E-state index in [9.17, 15) is 4.79 Å². The van der Waals surface area contributed by atoms with E-state index in [-0.39, 0.29) is 5.69 Å². The Kier molecular flexibility index (Phi) is 4.67. The van der Waals surface area contributed by atoms with Gasteiger partial charge < -0.3 is 14.2 Å². The lowest BCUT2D eigenvalue weighted by Gasteiger charge is -2.35. The second-order valence-corrected chi connectivity index (χ2v) is 5.32. The van der Waals surface area contributed by atoms with Crippen LogP contribution in [0.25, 0.3) is 11.2 Å². The number of hydrogen-bond acceptors (Lipinski definition) is 3. The van der Waals surface area contributed by atoms with Crippen molar-refractivity contribution in [3.8, 4) is 5.88 Å². The summed E-state index contributed by atoms with van der Waals surface area (Å²) in [5.41, 5.74) is 1.32. The zero-order valence-corrected chi connectivity index (χ0v) is 13.3. The fourth-order valence-electron chi connectivity index (χ4n) is 2.79. The zero-order chi connectivity index (χ0) is 15.5. The second kappa shape index (κ2) is 6.30. The normalized spacial score (nSPS) is 12.0. The summed E-state index contributed by atoms with van der Waals surface area (Å²) in [4.78, 5) is 19.4. The first-order chi connectivity index (χ1) is 10.1. The first-order valence-corrected chi connectivity index (χ1v) is 7.57. The van der Waals surface area contributed by atoms with Crippen molar-refractivity contribution in [2.75, 3.05) is 33.3 Å². The summed E-state index contributed by atoms with van der Waals surface area (Å²) in [5, 5.41) is 0. The van der Waals surface area contributed by atoms with Gasteiger partial charge in [0.15, 0.2) is 5.65 Å².